The first-order chi connectivity index (χ1) is 9.65. The molecule has 0 radical (unpaired) electrons. The first-order valence-electron chi connectivity index (χ1n) is 6.14. The molecule has 0 spiro atoms. The average Bonchev–Trinajstić information content (AvgIpc) is 2.42. The van der Waals surface area contributed by atoms with Gasteiger partial charge in [0.1, 0.15) is 0 Å². The Hall–Kier alpha value is -0.770. The Morgan fingerprint density at radius 1 is 1.38 bits per heavy atom. The molecule has 0 heterocycles. The van der Waals surface area contributed by atoms with Gasteiger partial charge in [0, 0.05) is 12.3 Å². The Morgan fingerprint density at radius 3 is 2.62 bits per heavy atom. The Bertz CT molecular complexity index is 561. The van der Waals surface area contributed by atoms with Gasteiger partial charge >= 0.3 is 5.51 Å². The number of benzene rings is 1. The Labute approximate surface area is 125 Å². The maximum absolute atomic E-state index is 11.9. The summed E-state index contributed by atoms with van der Waals surface area (Å²) in [5.41, 5.74) is -3.93. The molecule has 0 aromatic heterocycles. The fraction of sp³-hybridized carbons (Fsp3) is 0.500. The van der Waals surface area contributed by atoms with Crippen LogP contribution >= 0.6 is 11.8 Å². The molecule has 9 heteroatoms. The van der Waals surface area contributed by atoms with Gasteiger partial charge in [-0.15, -0.1) is 0 Å². The average molecular weight is 343 g/mol. The third kappa shape index (κ3) is 6.25. The van der Waals surface area contributed by atoms with Crippen molar-refractivity contribution in [1.29, 1.82) is 0 Å². The summed E-state index contributed by atoms with van der Waals surface area (Å²) in [5, 5.41) is 9.68. The standard InChI is InChI=1S/C12H16F3NO3S2/c1-2-11(17)9-4-3-5-10(8-9)21(18,19)16-6-7-20-12(13,14)15/h3-5,8,11,16-17H,2,6-7H2,1H3. The van der Waals surface area contributed by atoms with Crippen molar-refractivity contribution in [2.24, 2.45) is 0 Å². The molecule has 0 saturated heterocycles. The number of alkyl halides is 3. The lowest BCUT2D eigenvalue weighted by molar-refractivity contribution is -0.0327. The van der Waals surface area contributed by atoms with Gasteiger partial charge < -0.3 is 5.11 Å². The number of aliphatic hydroxyl groups excluding tert-OH is 1. The maximum Gasteiger partial charge on any atom is 0.441 e. The predicted molar refractivity (Wildman–Crippen MR) is 75.4 cm³/mol. The lowest BCUT2D eigenvalue weighted by atomic mass is 10.1. The van der Waals surface area contributed by atoms with E-state index in [1.807, 2.05) is 0 Å². The number of hydrogen-bond donors (Lipinski definition) is 2. The summed E-state index contributed by atoms with van der Waals surface area (Å²) in [5.74, 6) is -0.403. The fourth-order valence-corrected chi connectivity index (χ4v) is 3.20. The summed E-state index contributed by atoms with van der Waals surface area (Å²) in [6.45, 7) is 1.42. The maximum atomic E-state index is 11.9. The zero-order valence-electron chi connectivity index (χ0n) is 11.2. The van der Waals surface area contributed by atoms with Crippen molar-refractivity contribution < 1.29 is 26.7 Å². The van der Waals surface area contributed by atoms with Crippen LogP contribution in [0.4, 0.5) is 13.2 Å². The number of halogens is 3. The first-order valence-corrected chi connectivity index (χ1v) is 8.61. The van der Waals surface area contributed by atoms with E-state index in [1.54, 1.807) is 13.0 Å². The molecular weight excluding hydrogens is 327 g/mol. The molecule has 0 amide bonds. The molecule has 120 valence electrons. The van der Waals surface area contributed by atoms with Crippen molar-refractivity contribution in [2.45, 2.75) is 29.9 Å². The molecule has 0 bridgehead atoms. The number of thioether (sulfide) groups is 1. The van der Waals surface area contributed by atoms with Crippen LogP contribution in [-0.2, 0) is 10.0 Å². The van der Waals surface area contributed by atoms with Gasteiger partial charge in [0.15, 0.2) is 0 Å². The molecule has 21 heavy (non-hydrogen) atoms. The highest BCUT2D eigenvalue weighted by atomic mass is 32.2. The quantitative estimate of drug-likeness (QED) is 0.747. The first kappa shape index (κ1) is 18.3. The molecule has 0 aliphatic rings. The summed E-state index contributed by atoms with van der Waals surface area (Å²) in [6.07, 6.45) is -0.347. The molecule has 0 saturated carbocycles. The van der Waals surface area contributed by atoms with Crippen molar-refractivity contribution in [3.05, 3.63) is 29.8 Å². The van der Waals surface area contributed by atoms with Gasteiger partial charge in [-0.2, -0.15) is 13.2 Å². The summed E-state index contributed by atoms with van der Waals surface area (Å²) < 4.78 is 61.8. The molecule has 1 unspecified atom stereocenters. The van der Waals surface area contributed by atoms with Crippen LogP contribution in [0.2, 0.25) is 0 Å². The molecule has 1 aromatic rings. The fourth-order valence-electron chi connectivity index (χ4n) is 1.55. The third-order valence-corrected chi connectivity index (χ3v) is 4.79. The number of rotatable bonds is 7. The molecular formula is C12H16F3NO3S2. The van der Waals surface area contributed by atoms with Gasteiger partial charge in [-0.1, -0.05) is 19.1 Å². The van der Waals surface area contributed by atoms with Crippen molar-refractivity contribution in [3.8, 4) is 0 Å². The summed E-state index contributed by atoms with van der Waals surface area (Å²) in [7, 11) is -3.88. The second-order valence-corrected chi connectivity index (χ2v) is 7.12. The van der Waals surface area contributed by atoms with E-state index in [0.717, 1.165) is 0 Å². The van der Waals surface area contributed by atoms with Crippen molar-refractivity contribution in [2.75, 3.05) is 12.3 Å². The number of hydrogen-bond acceptors (Lipinski definition) is 4. The minimum absolute atomic E-state index is 0.0792. The highest BCUT2D eigenvalue weighted by Gasteiger charge is 2.27. The van der Waals surface area contributed by atoms with Crippen molar-refractivity contribution in [1.82, 2.24) is 4.72 Å². The molecule has 4 nitrogen and oxygen atoms in total. The summed E-state index contributed by atoms with van der Waals surface area (Å²) >= 11 is -0.286. The largest absolute Gasteiger partial charge is 0.441 e. The minimum atomic E-state index is -4.38. The molecule has 1 rings (SSSR count). The van der Waals surface area contributed by atoms with Crippen LogP contribution in [0.25, 0.3) is 0 Å². The van der Waals surface area contributed by atoms with Gasteiger partial charge in [0.05, 0.1) is 11.0 Å². The smallest absolute Gasteiger partial charge is 0.388 e. The Morgan fingerprint density at radius 2 is 2.05 bits per heavy atom. The predicted octanol–water partition coefficient (Wildman–Crippen LogP) is 2.66. The van der Waals surface area contributed by atoms with Crippen LogP contribution in [0, 0.1) is 0 Å². The normalized spacial score (nSPS) is 14.1. The van der Waals surface area contributed by atoms with E-state index >= 15 is 0 Å². The summed E-state index contributed by atoms with van der Waals surface area (Å²) in [4.78, 5) is -0.0792. The van der Waals surface area contributed by atoms with E-state index < -0.39 is 27.4 Å². The van der Waals surface area contributed by atoms with Crippen LogP contribution in [0.3, 0.4) is 0 Å². The molecule has 1 atom stereocenters. The van der Waals surface area contributed by atoms with E-state index in [1.165, 1.54) is 18.2 Å². The van der Waals surface area contributed by atoms with Crippen LogP contribution in [0.15, 0.2) is 29.2 Å². The van der Waals surface area contributed by atoms with E-state index in [0.29, 0.717) is 12.0 Å². The second kappa shape index (κ2) is 7.48. The van der Waals surface area contributed by atoms with Crippen LogP contribution in [0.5, 0.6) is 0 Å². The van der Waals surface area contributed by atoms with Crippen LogP contribution in [0.1, 0.15) is 25.0 Å². The highest BCUT2D eigenvalue weighted by Crippen LogP contribution is 2.29. The van der Waals surface area contributed by atoms with Crippen LogP contribution in [-0.4, -0.2) is 31.3 Å². The van der Waals surface area contributed by atoms with E-state index in [4.69, 9.17) is 0 Å². The van der Waals surface area contributed by atoms with Gasteiger partial charge in [-0.3, -0.25) is 0 Å². The van der Waals surface area contributed by atoms with Gasteiger partial charge in [0.25, 0.3) is 0 Å². The summed E-state index contributed by atoms with van der Waals surface area (Å²) in [6, 6.07) is 5.71. The Balaban J connectivity index is 2.70. The topological polar surface area (TPSA) is 66.4 Å². The van der Waals surface area contributed by atoms with E-state index in [2.05, 4.69) is 4.72 Å². The lowest BCUT2D eigenvalue weighted by Gasteiger charge is -2.11. The highest BCUT2D eigenvalue weighted by molar-refractivity contribution is 8.00. The molecule has 2 N–H and O–H groups in total. The monoisotopic (exact) mass is 343 g/mol. The van der Waals surface area contributed by atoms with E-state index in [-0.39, 0.29) is 23.2 Å². The molecule has 0 aliphatic carbocycles. The SMILES string of the molecule is CCC(O)c1cccc(S(=O)(=O)NCCSC(F)(F)F)c1. The number of aliphatic hydroxyl groups is 1. The van der Waals surface area contributed by atoms with Crippen molar-refractivity contribution >= 4 is 21.8 Å². The minimum Gasteiger partial charge on any atom is -0.388 e. The second-order valence-electron chi connectivity index (χ2n) is 4.19. The zero-order valence-corrected chi connectivity index (χ0v) is 12.9. The Kier molecular flexibility index (Phi) is 6.51. The third-order valence-electron chi connectivity index (χ3n) is 2.60. The van der Waals surface area contributed by atoms with E-state index in [9.17, 15) is 26.7 Å². The lowest BCUT2D eigenvalue weighted by Crippen LogP contribution is -2.27. The van der Waals surface area contributed by atoms with Gasteiger partial charge in [-0.25, -0.2) is 13.1 Å². The number of sulfonamides is 1. The van der Waals surface area contributed by atoms with Gasteiger partial charge in [-0.05, 0) is 35.9 Å². The molecule has 1 aromatic carbocycles. The molecule has 0 aliphatic heterocycles. The van der Waals surface area contributed by atoms with Gasteiger partial charge in [0.2, 0.25) is 10.0 Å². The van der Waals surface area contributed by atoms with Crippen molar-refractivity contribution in [3.63, 3.8) is 0 Å². The number of nitrogens with one attached hydrogen (secondary N) is 1. The molecule has 0 fully saturated rings. The van der Waals surface area contributed by atoms with Crippen LogP contribution < -0.4 is 4.72 Å². The zero-order chi connectivity index (χ0) is 16.1.